The number of carbonyl (C=O) groups is 2. The molecule has 2 amide bonds. The van der Waals surface area contributed by atoms with Gasteiger partial charge in [0.25, 0.3) is 5.91 Å². The third-order valence-corrected chi connectivity index (χ3v) is 6.98. The van der Waals surface area contributed by atoms with E-state index in [1.54, 1.807) is 18.2 Å². The highest BCUT2D eigenvalue weighted by molar-refractivity contribution is 8.00. The van der Waals surface area contributed by atoms with E-state index in [0.29, 0.717) is 22.7 Å². The number of halogens is 2. The second-order valence-electron chi connectivity index (χ2n) is 7.36. The van der Waals surface area contributed by atoms with Crippen molar-refractivity contribution in [3.8, 4) is 0 Å². The molecule has 0 saturated carbocycles. The zero-order valence-electron chi connectivity index (χ0n) is 18.0. The van der Waals surface area contributed by atoms with Crippen LogP contribution in [0.1, 0.15) is 34.8 Å². The first kappa shape index (κ1) is 24.2. The van der Waals surface area contributed by atoms with Gasteiger partial charge in [-0.05, 0) is 73.9 Å². The van der Waals surface area contributed by atoms with E-state index in [0.717, 1.165) is 21.7 Å². The van der Waals surface area contributed by atoms with E-state index in [1.165, 1.54) is 17.8 Å². The van der Waals surface area contributed by atoms with E-state index in [2.05, 4.69) is 10.6 Å². The maximum atomic E-state index is 12.9. The summed E-state index contributed by atoms with van der Waals surface area (Å²) in [6.07, 6.45) is 0.665. The molecule has 0 spiro atoms. The Bertz CT molecular complexity index is 1150. The first-order valence-electron chi connectivity index (χ1n) is 10.2. The van der Waals surface area contributed by atoms with Crippen LogP contribution in [-0.4, -0.2) is 17.1 Å². The zero-order valence-corrected chi connectivity index (χ0v) is 20.4. The van der Waals surface area contributed by atoms with Crippen molar-refractivity contribution in [1.82, 2.24) is 0 Å². The van der Waals surface area contributed by atoms with E-state index in [4.69, 9.17) is 23.2 Å². The first-order valence-corrected chi connectivity index (χ1v) is 11.8. The monoisotopic (exact) mass is 486 g/mol. The SMILES string of the molecule is CCC(Sc1cccc(NC(=O)c2ccc(Cl)cc2Cl)c1)C(=O)Nc1cccc(C)c1C. The third kappa shape index (κ3) is 6.06. The minimum absolute atomic E-state index is 0.0476. The van der Waals surface area contributed by atoms with Crippen LogP contribution in [0, 0.1) is 13.8 Å². The molecule has 4 nitrogen and oxygen atoms in total. The van der Waals surface area contributed by atoms with Gasteiger partial charge in [-0.1, -0.05) is 48.3 Å². The topological polar surface area (TPSA) is 58.2 Å². The zero-order chi connectivity index (χ0) is 23.3. The van der Waals surface area contributed by atoms with Crippen molar-refractivity contribution < 1.29 is 9.59 Å². The number of carbonyl (C=O) groups excluding carboxylic acids is 2. The Balaban J connectivity index is 1.70. The third-order valence-electron chi connectivity index (χ3n) is 5.07. The maximum Gasteiger partial charge on any atom is 0.257 e. The summed E-state index contributed by atoms with van der Waals surface area (Å²) in [7, 11) is 0. The molecule has 7 heteroatoms. The van der Waals surface area contributed by atoms with Gasteiger partial charge in [-0.25, -0.2) is 0 Å². The maximum absolute atomic E-state index is 12.9. The van der Waals surface area contributed by atoms with Crippen molar-refractivity contribution in [3.63, 3.8) is 0 Å². The molecule has 0 fully saturated rings. The van der Waals surface area contributed by atoms with Crippen molar-refractivity contribution in [3.05, 3.63) is 87.4 Å². The Kier molecular flexibility index (Phi) is 8.24. The fraction of sp³-hybridized carbons (Fsp3) is 0.200. The van der Waals surface area contributed by atoms with Crippen LogP contribution in [0.15, 0.2) is 65.6 Å². The van der Waals surface area contributed by atoms with Crippen LogP contribution in [0.4, 0.5) is 11.4 Å². The Labute approximate surface area is 202 Å². The van der Waals surface area contributed by atoms with E-state index >= 15 is 0 Å². The van der Waals surface area contributed by atoms with Gasteiger partial charge in [0.15, 0.2) is 0 Å². The number of amides is 2. The Hall–Kier alpha value is -2.47. The van der Waals surface area contributed by atoms with E-state index in [9.17, 15) is 9.59 Å². The van der Waals surface area contributed by atoms with Crippen LogP contribution >= 0.6 is 35.0 Å². The fourth-order valence-corrected chi connectivity index (χ4v) is 4.61. The summed E-state index contributed by atoms with van der Waals surface area (Å²) in [6, 6.07) is 18.0. The highest BCUT2D eigenvalue weighted by Crippen LogP contribution is 2.30. The summed E-state index contributed by atoms with van der Waals surface area (Å²) in [5.41, 5.74) is 3.98. The summed E-state index contributed by atoms with van der Waals surface area (Å²) in [5.74, 6) is -0.373. The molecule has 32 heavy (non-hydrogen) atoms. The van der Waals surface area contributed by atoms with E-state index in [-0.39, 0.29) is 22.1 Å². The lowest BCUT2D eigenvalue weighted by molar-refractivity contribution is -0.115. The van der Waals surface area contributed by atoms with E-state index in [1.807, 2.05) is 57.2 Å². The predicted molar refractivity (Wildman–Crippen MR) is 135 cm³/mol. The molecule has 0 aliphatic rings. The minimum Gasteiger partial charge on any atom is -0.325 e. The van der Waals surface area contributed by atoms with E-state index < -0.39 is 0 Å². The molecule has 1 unspecified atom stereocenters. The Morgan fingerprint density at radius 2 is 1.72 bits per heavy atom. The summed E-state index contributed by atoms with van der Waals surface area (Å²) in [5, 5.41) is 6.38. The van der Waals surface area contributed by atoms with Crippen molar-refractivity contribution in [2.24, 2.45) is 0 Å². The van der Waals surface area contributed by atoms with Gasteiger partial charge in [0, 0.05) is 21.3 Å². The van der Waals surface area contributed by atoms with Crippen molar-refractivity contribution in [2.45, 2.75) is 37.3 Å². The highest BCUT2D eigenvalue weighted by atomic mass is 35.5. The largest absolute Gasteiger partial charge is 0.325 e. The van der Waals surface area contributed by atoms with Gasteiger partial charge < -0.3 is 10.6 Å². The fourth-order valence-electron chi connectivity index (χ4n) is 3.11. The number of hydrogen-bond acceptors (Lipinski definition) is 3. The van der Waals surface area contributed by atoms with Gasteiger partial charge in [0.2, 0.25) is 5.91 Å². The predicted octanol–water partition coefficient (Wildman–Crippen LogP) is 7.37. The molecular formula is C25H24Cl2N2O2S. The van der Waals surface area contributed by atoms with Crippen LogP contribution in [0.25, 0.3) is 0 Å². The normalized spacial score (nSPS) is 11.7. The second-order valence-corrected chi connectivity index (χ2v) is 9.48. The summed E-state index contributed by atoms with van der Waals surface area (Å²) >= 11 is 13.5. The van der Waals surface area contributed by atoms with Crippen molar-refractivity contribution in [1.29, 1.82) is 0 Å². The lowest BCUT2D eigenvalue weighted by Crippen LogP contribution is -2.25. The highest BCUT2D eigenvalue weighted by Gasteiger charge is 2.19. The molecule has 0 radical (unpaired) electrons. The lowest BCUT2D eigenvalue weighted by Gasteiger charge is -2.17. The summed E-state index contributed by atoms with van der Waals surface area (Å²) in [4.78, 5) is 26.4. The molecule has 0 aliphatic carbocycles. The number of thioether (sulfide) groups is 1. The molecule has 166 valence electrons. The van der Waals surface area contributed by atoms with Crippen LogP contribution in [-0.2, 0) is 4.79 Å². The number of benzene rings is 3. The van der Waals surface area contributed by atoms with Gasteiger partial charge in [0.05, 0.1) is 15.8 Å². The average Bonchev–Trinajstić information content (AvgIpc) is 2.75. The molecule has 0 aromatic heterocycles. The molecule has 1 atom stereocenters. The molecule has 3 rings (SSSR count). The van der Waals surface area contributed by atoms with Crippen molar-refractivity contribution in [2.75, 3.05) is 10.6 Å². The number of aryl methyl sites for hydroxylation is 1. The lowest BCUT2D eigenvalue weighted by atomic mass is 10.1. The smallest absolute Gasteiger partial charge is 0.257 e. The summed E-state index contributed by atoms with van der Waals surface area (Å²) < 4.78 is 0. The Morgan fingerprint density at radius 1 is 0.969 bits per heavy atom. The quantitative estimate of drug-likeness (QED) is 0.342. The van der Waals surface area contributed by atoms with Gasteiger partial charge in [-0.15, -0.1) is 11.8 Å². The number of rotatable bonds is 7. The molecule has 2 N–H and O–H groups in total. The van der Waals surface area contributed by atoms with Crippen LogP contribution < -0.4 is 10.6 Å². The molecule has 3 aromatic rings. The second kappa shape index (κ2) is 10.9. The molecule has 3 aromatic carbocycles. The average molecular weight is 487 g/mol. The Morgan fingerprint density at radius 3 is 2.44 bits per heavy atom. The van der Waals surface area contributed by atoms with Gasteiger partial charge in [-0.3, -0.25) is 9.59 Å². The number of anilines is 2. The van der Waals surface area contributed by atoms with Gasteiger partial charge in [-0.2, -0.15) is 0 Å². The summed E-state index contributed by atoms with van der Waals surface area (Å²) in [6.45, 7) is 6.00. The minimum atomic E-state index is -0.325. The molecule has 0 heterocycles. The molecule has 0 aliphatic heterocycles. The van der Waals surface area contributed by atoms with Gasteiger partial charge >= 0.3 is 0 Å². The molecular weight excluding hydrogens is 463 g/mol. The number of hydrogen-bond donors (Lipinski definition) is 2. The molecule has 0 saturated heterocycles. The number of nitrogens with one attached hydrogen (secondary N) is 2. The van der Waals surface area contributed by atoms with Crippen LogP contribution in [0.3, 0.4) is 0 Å². The van der Waals surface area contributed by atoms with Gasteiger partial charge in [0.1, 0.15) is 0 Å². The van der Waals surface area contributed by atoms with Crippen LogP contribution in [0.5, 0.6) is 0 Å². The van der Waals surface area contributed by atoms with Crippen LogP contribution in [0.2, 0.25) is 10.0 Å². The molecule has 0 bridgehead atoms. The van der Waals surface area contributed by atoms with Crippen molar-refractivity contribution >= 4 is 58.2 Å². The first-order chi connectivity index (χ1) is 15.3. The standard InChI is InChI=1S/C25H24Cl2N2O2S/c1-4-23(25(31)29-22-10-5-7-15(2)16(22)3)32-19-9-6-8-18(14-19)28-24(30)20-12-11-17(26)13-21(20)27/h5-14,23H,4H2,1-3H3,(H,28,30)(H,29,31).